The van der Waals surface area contributed by atoms with Crippen LogP contribution in [0.25, 0.3) is 5.70 Å². The van der Waals surface area contributed by atoms with Crippen LogP contribution in [-0.4, -0.2) is 29.2 Å². The molecule has 2 unspecified atom stereocenters. The maximum absolute atomic E-state index is 14.2. The number of benzene rings is 2. The van der Waals surface area contributed by atoms with E-state index in [1.54, 1.807) is 25.1 Å². The van der Waals surface area contributed by atoms with Gasteiger partial charge in [0, 0.05) is 17.8 Å². The molecule has 0 radical (unpaired) electrons. The van der Waals surface area contributed by atoms with Crippen LogP contribution in [0.1, 0.15) is 102 Å². The Morgan fingerprint density at radius 1 is 1.10 bits per heavy atom. The van der Waals surface area contributed by atoms with Crippen LogP contribution in [0.2, 0.25) is 0 Å². The normalized spacial score (nSPS) is 17.2. The summed E-state index contributed by atoms with van der Waals surface area (Å²) in [6.45, 7) is 17.0. The molecule has 0 bridgehead atoms. The highest BCUT2D eigenvalue weighted by atomic mass is 19.4. The Kier molecular flexibility index (Phi) is 12.2. The number of alkyl halides is 3. The summed E-state index contributed by atoms with van der Waals surface area (Å²) in [5, 5.41) is 7.97. The number of nitrogens with two attached hydrogens (primary N) is 1. The van der Waals surface area contributed by atoms with Crippen molar-refractivity contribution in [3.8, 4) is 0 Å². The van der Waals surface area contributed by atoms with Gasteiger partial charge in [-0.05, 0) is 73.1 Å². The first-order chi connectivity index (χ1) is 19.3. The molecule has 0 spiro atoms. The molecule has 3 rings (SSSR count). The number of aliphatic imine (C=N–C) groups is 1. The molecule has 1 saturated heterocycles. The van der Waals surface area contributed by atoms with Crippen molar-refractivity contribution in [2.75, 3.05) is 6.54 Å². The van der Waals surface area contributed by atoms with Gasteiger partial charge in [-0.25, -0.2) is 0 Å². The predicted octanol–water partition coefficient (Wildman–Crippen LogP) is 9.02. The summed E-state index contributed by atoms with van der Waals surface area (Å²) in [5.74, 6) is 0.114. The number of hydrogen-bond donors (Lipinski definition) is 2. The molecular weight excluding hydrogens is 521 g/mol. The number of rotatable bonds is 8. The molecule has 7 heteroatoms. The van der Waals surface area contributed by atoms with Gasteiger partial charge in [-0.15, -0.1) is 0 Å². The molecule has 2 atom stereocenters. The molecule has 1 aliphatic heterocycles. The van der Waals surface area contributed by atoms with Crippen molar-refractivity contribution in [2.24, 2.45) is 16.6 Å². The molecule has 2 aromatic carbocycles. The van der Waals surface area contributed by atoms with E-state index in [4.69, 9.17) is 16.1 Å². The van der Waals surface area contributed by atoms with Gasteiger partial charge in [-0.3, -0.25) is 10.4 Å². The Hall–Kier alpha value is -3.09. The van der Waals surface area contributed by atoms with E-state index in [0.29, 0.717) is 30.6 Å². The Morgan fingerprint density at radius 2 is 1.73 bits per heavy atom. The molecule has 0 amide bonds. The molecule has 226 valence electrons. The van der Waals surface area contributed by atoms with Gasteiger partial charge in [0.15, 0.2) is 5.96 Å². The summed E-state index contributed by atoms with van der Waals surface area (Å²) < 4.78 is 42.7. The van der Waals surface area contributed by atoms with Crippen LogP contribution in [-0.2, 0) is 24.4 Å². The van der Waals surface area contributed by atoms with Crippen LogP contribution in [0.4, 0.5) is 13.2 Å². The number of hydrogen-bond acceptors (Lipinski definition) is 2. The fourth-order valence-corrected chi connectivity index (χ4v) is 5.19. The van der Waals surface area contributed by atoms with Crippen molar-refractivity contribution in [2.45, 2.75) is 105 Å². The third-order valence-electron chi connectivity index (χ3n) is 7.76. The van der Waals surface area contributed by atoms with Gasteiger partial charge in [0.25, 0.3) is 0 Å². The van der Waals surface area contributed by atoms with Crippen LogP contribution in [0.15, 0.2) is 53.5 Å². The highest BCUT2D eigenvalue weighted by Crippen LogP contribution is 2.35. The van der Waals surface area contributed by atoms with Crippen molar-refractivity contribution >= 4 is 17.4 Å². The van der Waals surface area contributed by atoms with Gasteiger partial charge in [0.2, 0.25) is 0 Å². The van der Waals surface area contributed by atoms with Crippen LogP contribution in [0, 0.1) is 11.3 Å². The maximum atomic E-state index is 14.2. The second-order valence-electron chi connectivity index (χ2n) is 11.6. The van der Waals surface area contributed by atoms with E-state index < -0.39 is 11.7 Å². The van der Waals surface area contributed by atoms with Gasteiger partial charge in [-0.2, -0.15) is 13.2 Å². The highest BCUT2D eigenvalue weighted by molar-refractivity contribution is 5.98. The Balaban J connectivity index is 0.00000287. The highest BCUT2D eigenvalue weighted by Gasteiger charge is 2.35. The van der Waals surface area contributed by atoms with Crippen molar-refractivity contribution in [3.63, 3.8) is 0 Å². The molecular formula is C34H49F3N4. The zero-order chi connectivity index (χ0) is 31.0. The minimum atomic E-state index is -4.47. The minimum absolute atomic E-state index is 0.00675. The second-order valence-corrected chi connectivity index (χ2v) is 11.6. The van der Waals surface area contributed by atoms with E-state index >= 15 is 0 Å². The molecule has 4 nitrogen and oxygen atoms in total. The molecule has 0 saturated carbocycles. The van der Waals surface area contributed by atoms with E-state index in [9.17, 15) is 13.2 Å². The first kappa shape index (κ1) is 34.1. The number of halogens is 3. The maximum Gasteiger partial charge on any atom is 0.416 e. The third-order valence-corrected chi connectivity index (χ3v) is 7.76. The quantitative estimate of drug-likeness (QED) is 0.246. The smallest absolute Gasteiger partial charge is 0.370 e. The van der Waals surface area contributed by atoms with Crippen molar-refractivity contribution in [1.82, 2.24) is 4.90 Å². The average Bonchev–Trinajstić information content (AvgIpc) is 3.43. The van der Waals surface area contributed by atoms with Gasteiger partial charge in [0.1, 0.15) is 0 Å². The Morgan fingerprint density at radius 3 is 2.24 bits per heavy atom. The van der Waals surface area contributed by atoms with Crippen molar-refractivity contribution in [3.05, 3.63) is 76.4 Å². The van der Waals surface area contributed by atoms with E-state index in [2.05, 4.69) is 46.8 Å². The molecule has 41 heavy (non-hydrogen) atoms. The number of allylic oxidation sites excluding steroid dienone is 1. The van der Waals surface area contributed by atoms with Gasteiger partial charge in [0.05, 0.1) is 17.3 Å². The SMILES string of the molecule is C/C=C(\N=C(C(C)CC)C1CCCN1C(=N)N)c1ccc(CCc2ccc(C(C)(C)C)cc2)c(C(F)(F)F)c1.CC. The standard InChI is InChI=1S/C32H43F3N4.C2H6/c1-7-21(3)29(28-10-9-19-39(28)30(36)37)38-27(8-2)24-16-15-23(26(20-24)32(33,34)35)14-11-22-12-17-25(18-13-22)31(4,5)6;1-2/h8,12-13,15-18,20-21,28H,7,9-11,14,19H2,1-6H3,(H3,36,37);1-2H3/b27-8-,38-29?;. The summed E-state index contributed by atoms with van der Waals surface area (Å²) in [7, 11) is 0. The lowest BCUT2D eigenvalue weighted by Gasteiger charge is -2.29. The summed E-state index contributed by atoms with van der Waals surface area (Å²) in [6, 6.07) is 12.6. The first-order valence-electron chi connectivity index (χ1n) is 14.9. The lowest BCUT2D eigenvalue weighted by atomic mass is 9.86. The number of guanidine groups is 1. The van der Waals surface area contributed by atoms with Gasteiger partial charge >= 0.3 is 6.18 Å². The number of aryl methyl sites for hydroxylation is 2. The fourth-order valence-electron chi connectivity index (χ4n) is 5.19. The largest absolute Gasteiger partial charge is 0.416 e. The summed E-state index contributed by atoms with van der Waals surface area (Å²) in [6.07, 6.45) is 0.678. The molecule has 1 aliphatic rings. The average molecular weight is 571 g/mol. The van der Waals surface area contributed by atoms with Crippen molar-refractivity contribution in [1.29, 1.82) is 5.41 Å². The summed E-state index contributed by atoms with van der Waals surface area (Å²) in [5.41, 5.74) is 9.58. The van der Waals surface area contributed by atoms with Crippen LogP contribution in [0.5, 0.6) is 0 Å². The molecule has 1 fully saturated rings. The first-order valence-corrected chi connectivity index (χ1v) is 14.9. The van der Waals surface area contributed by atoms with E-state index in [0.717, 1.165) is 30.5 Å². The number of nitrogens with zero attached hydrogens (tertiary/aromatic N) is 2. The van der Waals surface area contributed by atoms with Crippen molar-refractivity contribution < 1.29 is 13.2 Å². The minimum Gasteiger partial charge on any atom is -0.370 e. The molecule has 1 heterocycles. The van der Waals surface area contributed by atoms with E-state index in [-0.39, 0.29) is 28.9 Å². The summed E-state index contributed by atoms with van der Waals surface area (Å²) >= 11 is 0. The monoisotopic (exact) mass is 570 g/mol. The summed E-state index contributed by atoms with van der Waals surface area (Å²) in [4.78, 5) is 6.78. The molecule has 2 aromatic rings. The third kappa shape index (κ3) is 8.95. The number of likely N-dealkylation sites (tertiary alicyclic amines) is 1. The Labute approximate surface area is 245 Å². The van der Waals surface area contributed by atoms with Gasteiger partial charge < -0.3 is 10.6 Å². The number of nitrogens with one attached hydrogen (secondary N) is 1. The van der Waals surface area contributed by atoms with Crippen LogP contribution in [0.3, 0.4) is 0 Å². The second kappa shape index (κ2) is 14.7. The van der Waals surface area contributed by atoms with Crippen LogP contribution >= 0.6 is 0 Å². The molecule has 3 N–H and O–H groups in total. The molecule has 0 aliphatic carbocycles. The topological polar surface area (TPSA) is 65.5 Å². The zero-order valence-electron chi connectivity index (χ0n) is 26.1. The van der Waals surface area contributed by atoms with Gasteiger partial charge in [-0.1, -0.05) is 90.9 Å². The predicted molar refractivity (Wildman–Crippen MR) is 168 cm³/mol. The zero-order valence-corrected chi connectivity index (χ0v) is 26.1. The van der Waals surface area contributed by atoms with E-state index in [1.807, 2.05) is 30.9 Å². The molecule has 0 aromatic heterocycles. The van der Waals surface area contributed by atoms with Crippen LogP contribution < -0.4 is 5.73 Å². The fraction of sp³-hybridized carbons (Fsp3) is 0.529. The Bertz CT molecular complexity index is 1200. The lowest BCUT2D eigenvalue weighted by Crippen LogP contribution is -2.45. The van der Waals surface area contributed by atoms with E-state index in [1.165, 1.54) is 11.6 Å². The lowest BCUT2D eigenvalue weighted by molar-refractivity contribution is -0.138.